The molecule has 0 amide bonds. The first-order valence-corrected chi connectivity index (χ1v) is 10.2. The van der Waals surface area contributed by atoms with Crippen LogP contribution in [0.5, 0.6) is 0 Å². The van der Waals surface area contributed by atoms with E-state index in [-0.39, 0.29) is 0 Å². The van der Waals surface area contributed by atoms with E-state index in [9.17, 15) is 8.42 Å². The van der Waals surface area contributed by atoms with E-state index in [1.807, 2.05) is 11.8 Å². The van der Waals surface area contributed by atoms with Crippen LogP contribution in [-0.2, 0) is 10.2 Å². The fourth-order valence-corrected chi connectivity index (χ4v) is 4.54. The molecule has 20 heavy (non-hydrogen) atoms. The van der Waals surface area contributed by atoms with Crippen molar-refractivity contribution >= 4 is 22.0 Å². The van der Waals surface area contributed by atoms with Gasteiger partial charge in [-0.2, -0.15) is 24.5 Å². The van der Waals surface area contributed by atoms with Gasteiger partial charge >= 0.3 is 0 Å². The molecule has 2 aliphatic rings. The Bertz CT molecular complexity index is 379. The van der Waals surface area contributed by atoms with Crippen LogP contribution >= 0.6 is 11.8 Å². The second-order valence-corrected chi connectivity index (χ2v) is 8.90. The Kier molecular flexibility index (Phi) is 6.61. The molecule has 5 nitrogen and oxygen atoms in total. The van der Waals surface area contributed by atoms with E-state index in [1.165, 1.54) is 17.1 Å². The number of nitrogens with one attached hydrogen (secondary N) is 2. The van der Waals surface area contributed by atoms with Crippen molar-refractivity contribution in [1.29, 1.82) is 0 Å². The zero-order chi connectivity index (χ0) is 14.4. The van der Waals surface area contributed by atoms with Crippen LogP contribution in [0.1, 0.15) is 32.1 Å². The SMILES string of the molecule is CN(CCCNC1CC1)S(=O)(=O)NCC1CCSCC1. The summed E-state index contributed by atoms with van der Waals surface area (Å²) in [6, 6.07) is 0.694. The van der Waals surface area contributed by atoms with Crippen LogP contribution in [0.2, 0.25) is 0 Å². The predicted octanol–water partition coefficient (Wildman–Crippen LogP) is 1.04. The molecule has 1 aliphatic heterocycles. The van der Waals surface area contributed by atoms with Gasteiger partial charge in [0.05, 0.1) is 0 Å². The van der Waals surface area contributed by atoms with E-state index in [1.54, 1.807) is 7.05 Å². The summed E-state index contributed by atoms with van der Waals surface area (Å²) in [7, 11) is -1.63. The Balaban J connectivity index is 1.62. The molecule has 2 fully saturated rings. The fraction of sp³-hybridized carbons (Fsp3) is 1.00. The Morgan fingerprint density at radius 3 is 2.55 bits per heavy atom. The molecule has 1 heterocycles. The molecule has 2 rings (SSSR count). The lowest BCUT2D eigenvalue weighted by Gasteiger charge is -2.23. The van der Waals surface area contributed by atoms with Crippen LogP contribution in [0, 0.1) is 5.92 Å². The summed E-state index contributed by atoms with van der Waals surface area (Å²) in [5.74, 6) is 2.83. The number of hydrogen-bond acceptors (Lipinski definition) is 4. The van der Waals surface area contributed by atoms with Gasteiger partial charge in [0.1, 0.15) is 0 Å². The quantitative estimate of drug-likeness (QED) is 0.623. The van der Waals surface area contributed by atoms with Crippen LogP contribution in [0.25, 0.3) is 0 Å². The number of nitrogens with zero attached hydrogens (tertiary/aromatic N) is 1. The van der Waals surface area contributed by atoms with Crippen molar-refractivity contribution in [1.82, 2.24) is 14.3 Å². The van der Waals surface area contributed by atoms with Crippen molar-refractivity contribution in [3.8, 4) is 0 Å². The van der Waals surface area contributed by atoms with Crippen LogP contribution < -0.4 is 10.0 Å². The minimum absolute atomic E-state index is 0.510. The van der Waals surface area contributed by atoms with E-state index in [2.05, 4.69) is 10.0 Å². The fourth-order valence-electron chi connectivity index (χ4n) is 2.30. The first kappa shape index (κ1) is 16.5. The third-order valence-electron chi connectivity index (χ3n) is 3.97. The van der Waals surface area contributed by atoms with Crippen LogP contribution in [0.3, 0.4) is 0 Å². The predicted molar refractivity (Wildman–Crippen MR) is 85.2 cm³/mol. The lowest BCUT2D eigenvalue weighted by molar-refractivity contribution is 0.426. The van der Waals surface area contributed by atoms with Crippen LogP contribution in [-0.4, -0.2) is 57.0 Å². The second-order valence-electron chi connectivity index (χ2n) is 5.81. The third-order valence-corrected chi connectivity index (χ3v) is 6.55. The van der Waals surface area contributed by atoms with Crippen LogP contribution in [0.4, 0.5) is 0 Å². The summed E-state index contributed by atoms with van der Waals surface area (Å²) in [6.45, 7) is 2.08. The smallest absolute Gasteiger partial charge is 0.279 e. The molecule has 0 radical (unpaired) electrons. The summed E-state index contributed by atoms with van der Waals surface area (Å²) >= 11 is 1.96. The van der Waals surface area contributed by atoms with Crippen molar-refractivity contribution < 1.29 is 8.42 Å². The first-order chi connectivity index (χ1) is 9.58. The Hall–Kier alpha value is 0.180. The Labute approximate surface area is 127 Å². The van der Waals surface area contributed by atoms with E-state index >= 15 is 0 Å². The highest BCUT2D eigenvalue weighted by Gasteiger charge is 2.22. The molecule has 7 heteroatoms. The zero-order valence-electron chi connectivity index (χ0n) is 12.3. The van der Waals surface area contributed by atoms with Gasteiger partial charge in [0.15, 0.2) is 0 Å². The average Bonchev–Trinajstić information content (AvgIpc) is 3.26. The summed E-state index contributed by atoms with van der Waals surface area (Å²) in [5.41, 5.74) is 0. The van der Waals surface area contributed by atoms with Gasteiger partial charge in [-0.3, -0.25) is 0 Å². The van der Waals surface area contributed by atoms with E-state index in [4.69, 9.17) is 0 Å². The topological polar surface area (TPSA) is 61.4 Å². The monoisotopic (exact) mass is 321 g/mol. The number of thioether (sulfide) groups is 1. The molecule has 0 spiro atoms. The molecule has 1 aliphatic carbocycles. The summed E-state index contributed by atoms with van der Waals surface area (Å²) in [6.07, 6.45) is 5.67. The van der Waals surface area contributed by atoms with Crippen molar-refractivity contribution in [3.05, 3.63) is 0 Å². The van der Waals surface area contributed by atoms with Gasteiger partial charge in [-0.25, -0.2) is 4.72 Å². The van der Waals surface area contributed by atoms with Crippen LogP contribution in [0.15, 0.2) is 0 Å². The molecule has 0 unspecified atom stereocenters. The molecule has 1 saturated heterocycles. The summed E-state index contributed by atoms with van der Waals surface area (Å²) in [5, 5.41) is 3.40. The Morgan fingerprint density at radius 1 is 1.20 bits per heavy atom. The number of rotatable bonds is 9. The molecule has 0 aromatic heterocycles. The summed E-state index contributed by atoms with van der Waals surface area (Å²) < 4.78 is 28.4. The molecule has 1 saturated carbocycles. The first-order valence-electron chi connectivity index (χ1n) is 7.60. The highest BCUT2D eigenvalue weighted by Crippen LogP contribution is 2.22. The second kappa shape index (κ2) is 7.98. The van der Waals surface area contributed by atoms with Gasteiger partial charge in [-0.1, -0.05) is 0 Å². The molecule has 0 bridgehead atoms. The molecular formula is C13H27N3O2S2. The van der Waals surface area contributed by atoms with Crippen molar-refractivity contribution in [2.24, 2.45) is 5.92 Å². The van der Waals surface area contributed by atoms with E-state index in [0.29, 0.717) is 25.0 Å². The molecule has 2 N–H and O–H groups in total. The molecule has 0 aromatic rings. The third kappa shape index (κ3) is 5.89. The minimum atomic E-state index is -3.30. The van der Waals surface area contributed by atoms with Gasteiger partial charge in [-0.05, 0) is 56.1 Å². The minimum Gasteiger partial charge on any atom is -0.314 e. The standard InChI is InChI=1S/C13H27N3O2S2/c1-16(8-2-7-14-13-3-4-13)20(17,18)15-11-12-5-9-19-10-6-12/h12-15H,2-11H2,1H3. The highest BCUT2D eigenvalue weighted by atomic mass is 32.2. The van der Waals surface area contributed by atoms with Crippen molar-refractivity contribution in [2.75, 3.05) is 38.2 Å². The van der Waals surface area contributed by atoms with Gasteiger partial charge < -0.3 is 5.32 Å². The maximum Gasteiger partial charge on any atom is 0.279 e. The maximum absolute atomic E-state index is 12.1. The summed E-state index contributed by atoms with van der Waals surface area (Å²) in [4.78, 5) is 0. The van der Waals surface area contributed by atoms with Gasteiger partial charge in [0.25, 0.3) is 10.2 Å². The maximum atomic E-state index is 12.1. The largest absolute Gasteiger partial charge is 0.314 e. The van der Waals surface area contributed by atoms with E-state index in [0.717, 1.165) is 37.3 Å². The van der Waals surface area contributed by atoms with Gasteiger partial charge in [0, 0.05) is 26.2 Å². The lowest BCUT2D eigenvalue weighted by atomic mass is 10.0. The molecule has 0 aromatic carbocycles. The number of hydrogen-bond donors (Lipinski definition) is 2. The van der Waals surface area contributed by atoms with Gasteiger partial charge in [-0.15, -0.1) is 0 Å². The van der Waals surface area contributed by atoms with Crippen molar-refractivity contribution in [2.45, 2.75) is 38.1 Å². The normalized spacial score (nSPS) is 21.5. The average molecular weight is 322 g/mol. The zero-order valence-corrected chi connectivity index (χ0v) is 13.9. The van der Waals surface area contributed by atoms with Gasteiger partial charge in [0.2, 0.25) is 0 Å². The molecule has 0 atom stereocenters. The van der Waals surface area contributed by atoms with Crippen molar-refractivity contribution in [3.63, 3.8) is 0 Å². The Morgan fingerprint density at radius 2 is 1.90 bits per heavy atom. The molecule has 118 valence electrons. The lowest BCUT2D eigenvalue weighted by Crippen LogP contribution is -2.41. The molecular weight excluding hydrogens is 294 g/mol. The van der Waals surface area contributed by atoms with E-state index < -0.39 is 10.2 Å². The highest BCUT2D eigenvalue weighted by molar-refractivity contribution is 7.99.